The minimum atomic E-state index is -1.81. The lowest BCUT2D eigenvalue weighted by atomic mass is 9.35. The minimum absolute atomic E-state index is 0.0597. The monoisotopic (exact) mass is 971 g/mol. The van der Waals surface area contributed by atoms with Gasteiger partial charge in [0.25, 0.3) is 0 Å². The highest BCUT2D eigenvalue weighted by Crippen LogP contribution is 2.80. The molecule has 0 aromatic heterocycles. The van der Waals surface area contributed by atoms with E-state index in [9.17, 15) is 50.8 Å². The molecule has 5 aliphatic heterocycles. The van der Waals surface area contributed by atoms with Crippen molar-refractivity contribution in [2.75, 3.05) is 26.4 Å². The zero-order valence-electron chi connectivity index (χ0n) is 40.7. The fourth-order valence-electron chi connectivity index (χ4n) is 16.1. The summed E-state index contributed by atoms with van der Waals surface area (Å²) in [5.41, 5.74) is -1.73. The molecule has 9 fully saturated rings. The van der Waals surface area contributed by atoms with Gasteiger partial charge in [0.1, 0.15) is 72.7 Å². The summed E-state index contributed by atoms with van der Waals surface area (Å²) >= 11 is 0. The average Bonchev–Trinajstić information content (AvgIpc) is 3.90. The largest absolute Gasteiger partial charge is 0.457 e. The first-order valence-electron chi connectivity index (χ1n) is 24.9. The Labute approximate surface area is 398 Å². The van der Waals surface area contributed by atoms with E-state index in [1.54, 1.807) is 6.92 Å². The van der Waals surface area contributed by atoms with Crippen LogP contribution < -0.4 is 0 Å². The first-order valence-corrected chi connectivity index (χ1v) is 24.9. The Hall–Kier alpha value is -1.47. The number of esters is 1. The summed E-state index contributed by atoms with van der Waals surface area (Å²) in [5.74, 6) is -1.69. The third-order valence-electron chi connectivity index (χ3n) is 19.6. The van der Waals surface area contributed by atoms with Crippen molar-refractivity contribution in [2.24, 2.45) is 51.2 Å². The van der Waals surface area contributed by atoms with E-state index in [0.29, 0.717) is 19.4 Å². The molecule has 388 valence electrons. The number of carbonyl (C=O) groups excluding carboxylic acids is 1. The van der Waals surface area contributed by atoms with Gasteiger partial charge in [0.05, 0.1) is 32.5 Å². The zero-order chi connectivity index (χ0) is 49.4. The molecule has 5 unspecified atom stereocenters. The highest BCUT2D eigenvalue weighted by atomic mass is 16.8. The van der Waals surface area contributed by atoms with Crippen LogP contribution >= 0.6 is 0 Å². The van der Waals surface area contributed by atoms with Gasteiger partial charge in [-0.1, -0.05) is 46.8 Å². The number of aliphatic hydroxyl groups excluding tert-OH is 8. The van der Waals surface area contributed by atoms with E-state index in [2.05, 4.69) is 34.3 Å². The summed E-state index contributed by atoms with van der Waals surface area (Å²) in [6.07, 6.45) is -16.1. The number of carbonyl (C=O) groups is 1. The normalized spacial score (nSPS) is 55.4. The Bertz CT molecular complexity index is 1880. The molecule has 0 radical (unpaired) electrons. The van der Waals surface area contributed by atoms with Crippen molar-refractivity contribution >= 4 is 5.97 Å². The number of hydrogen-bond acceptors (Lipinski definition) is 19. The summed E-state index contributed by atoms with van der Waals surface area (Å²) in [6.45, 7) is 19.4. The predicted octanol–water partition coefficient (Wildman–Crippen LogP) is 0.393. The summed E-state index contributed by atoms with van der Waals surface area (Å²) in [7, 11) is 0. The van der Waals surface area contributed by atoms with Crippen molar-refractivity contribution in [3.8, 4) is 0 Å². The van der Waals surface area contributed by atoms with E-state index in [0.717, 1.165) is 37.7 Å². The van der Waals surface area contributed by atoms with Gasteiger partial charge < -0.3 is 88.6 Å². The quantitative estimate of drug-likeness (QED) is 0.0770. The highest BCUT2D eigenvalue weighted by molar-refractivity contribution is 5.66. The maximum absolute atomic E-state index is 12.8. The molecular formula is C49H78O19. The molecule has 5 heterocycles. The molecule has 9 N–H and O–H groups in total. The average molecular weight is 971 g/mol. The van der Waals surface area contributed by atoms with Crippen LogP contribution in [0.4, 0.5) is 0 Å². The van der Waals surface area contributed by atoms with Gasteiger partial charge in [0.2, 0.25) is 0 Å². The molecule has 2 spiro atoms. The van der Waals surface area contributed by atoms with Crippen molar-refractivity contribution in [1.29, 1.82) is 0 Å². The summed E-state index contributed by atoms with van der Waals surface area (Å²) in [5, 5.41) is 97.5. The number of fused-ring (bicyclic) bond motifs is 4. The molecule has 4 saturated carbocycles. The van der Waals surface area contributed by atoms with E-state index in [-0.39, 0.29) is 46.5 Å². The van der Waals surface area contributed by atoms with Crippen LogP contribution in [0.2, 0.25) is 0 Å². The molecular weight excluding hydrogens is 893 g/mol. The van der Waals surface area contributed by atoms with Crippen LogP contribution in [0.1, 0.15) is 100 Å². The second kappa shape index (κ2) is 17.9. The fourth-order valence-corrected chi connectivity index (χ4v) is 16.1. The van der Waals surface area contributed by atoms with Gasteiger partial charge >= 0.3 is 5.97 Å². The molecule has 5 saturated heterocycles. The Balaban J connectivity index is 0.978. The molecule has 26 atom stereocenters. The third-order valence-corrected chi connectivity index (χ3v) is 19.6. The van der Waals surface area contributed by atoms with Crippen LogP contribution in [0.15, 0.2) is 12.2 Å². The van der Waals surface area contributed by atoms with E-state index >= 15 is 0 Å². The van der Waals surface area contributed by atoms with Crippen LogP contribution in [0, 0.1) is 51.2 Å². The Morgan fingerprint density at radius 2 is 1.38 bits per heavy atom. The molecule has 0 aromatic carbocycles. The minimum Gasteiger partial charge on any atom is -0.457 e. The van der Waals surface area contributed by atoms with Gasteiger partial charge in [-0.3, -0.25) is 4.79 Å². The first-order chi connectivity index (χ1) is 31.8. The highest BCUT2D eigenvalue weighted by Gasteiger charge is 2.82. The number of rotatable bonds is 11. The van der Waals surface area contributed by atoms with E-state index in [4.69, 9.17) is 42.6 Å². The van der Waals surface area contributed by atoms with Crippen LogP contribution in [0.5, 0.6) is 0 Å². The molecule has 9 aliphatic rings. The molecule has 9 rings (SSSR count). The smallest absolute Gasteiger partial charge is 0.303 e. The van der Waals surface area contributed by atoms with Crippen molar-refractivity contribution in [3.63, 3.8) is 0 Å². The first kappa shape index (κ1) is 51.4. The molecule has 19 nitrogen and oxygen atoms in total. The van der Waals surface area contributed by atoms with Gasteiger partial charge in [0, 0.05) is 30.6 Å². The Kier molecular flexibility index (Phi) is 13.5. The third kappa shape index (κ3) is 7.57. The standard InChI is InChI=1S/C49H78O19/c1-21(2)22(3)36-40(62-23(4)52)47(9,59)39-24-10-11-29-45(7)14-13-30(44(5,6)28(45)12-15-46(29,8)48(24)19-49(39,68-36)61-20-48)65-43-38(67-41-34(57)32(55)27(17-51)64-41)37(25(53)18-60-43)66-42-35(58)33(56)31(54)26(16-50)63-42/h22,24-43,50-51,53-59H,1,10-20H2,2-9H3/t22-,24?,25+,26-,27+,28?,29?,30+,31-,32+,33+,34-,35-,36-,37+,38-,39?,40-,41+,42+,43+,45+,46-,47?,48+,49+/m1/s1. The van der Waals surface area contributed by atoms with Crippen LogP contribution in [-0.4, -0.2) is 188 Å². The summed E-state index contributed by atoms with van der Waals surface area (Å²) in [4.78, 5) is 12.6. The lowest BCUT2D eigenvalue weighted by molar-refractivity contribution is -0.378. The Morgan fingerprint density at radius 1 is 0.765 bits per heavy atom. The Morgan fingerprint density at radius 3 is 2.00 bits per heavy atom. The van der Waals surface area contributed by atoms with Gasteiger partial charge in [-0.15, -0.1) is 0 Å². The van der Waals surface area contributed by atoms with Crippen molar-refractivity contribution in [1.82, 2.24) is 0 Å². The van der Waals surface area contributed by atoms with E-state index in [1.807, 2.05) is 13.8 Å². The molecule has 0 amide bonds. The fraction of sp³-hybridized carbons (Fsp3) is 0.939. The maximum Gasteiger partial charge on any atom is 0.303 e. The van der Waals surface area contributed by atoms with Crippen LogP contribution in [-0.2, 0) is 47.4 Å². The second-order valence-electron chi connectivity index (χ2n) is 23.5. The molecule has 2 bridgehead atoms. The van der Waals surface area contributed by atoms with Gasteiger partial charge in [-0.2, -0.15) is 0 Å². The van der Waals surface area contributed by atoms with Crippen LogP contribution in [0.3, 0.4) is 0 Å². The summed E-state index contributed by atoms with van der Waals surface area (Å²) in [6, 6.07) is 0. The predicted molar refractivity (Wildman–Crippen MR) is 234 cm³/mol. The van der Waals surface area contributed by atoms with Gasteiger partial charge in [-0.05, 0) is 86.4 Å². The summed E-state index contributed by atoms with van der Waals surface area (Å²) < 4.78 is 56.9. The molecule has 68 heavy (non-hydrogen) atoms. The van der Waals surface area contributed by atoms with E-state index < -0.39 is 140 Å². The topological polar surface area (TPSA) is 282 Å². The molecule has 19 heteroatoms. The van der Waals surface area contributed by atoms with Crippen molar-refractivity contribution < 1.29 is 93.4 Å². The lowest BCUT2D eigenvalue weighted by Crippen LogP contribution is -2.71. The SMILES string of the molecule is C=C(C)[C@@H](C)[C@H]1O[C@]23C[C@]4(CO2)C(CCC2[C@@]5(C)CC[C@H](O[C@@H]6OC[C@H](O)[C@H](O[C@@H]7O[C@H](CO)[C@@H](O)[C@H](O)[C@H]7O)[C@H]6O[C@@H]6O[C@@H](CO)[C@H](O)[C@H]6O)C(C)(C)C5CC[C@]24C)C3C(C)(O)[C@@H]1OC(C)=O. The van der Waals surface area contributed by atoms with E-state index in [1.165, 1.54) is 6.92 Å². The van der Waals surface area contributed by atoms with Crippen molar-refractivity contribution in [3.05, 3.63) is 12.2 Å². The van der Waals surface area contributed by atoms with Gasteiger partial charge in [-0.25, -0.2) is 0 Å². The number of aliphatic hydroxyl groups is 9. The lowest BCUT2D eigenvalue weighted by Gasteiger charge is -2.70. The molecule has 4 aliphatic carbocycles. The van der Waals surface area contributed by atoms with Gasteiger partial charge in [0.15, 0.2) is 30.8 Å². The number of hydrogen-bond donors (Lipinski definition) is 9. The second-order valence-corrected chi connectivity index (χ2v) is 23.5. The number of ether oxygens (including phenoxy) is 9. The van der Waals surface area contributed by atoms with Crippen LogP contribution in [0.25, 0.3) is 0 Å². The zero-order valence-corrected chi connectivity index (χ0v) is 40.7. The molecule has 0 aromatic rings. The maximum atomic E-state index is 12.8. The van der Waals surface area contributed by atoms with Crippen molar-refractivity contribution in [2.45, 2.75) is 210 Å².